The van der Waals surface area contributed by atoms with Crippen molar-refractivity contribution in [1.29, 1.82) is 0 Å². The summed E-state index contributed by atoms with van der Waals surface area (Å²) in [5, 5.41) is 3.46. The number of halogens is 1. The SMILES string of the molecule is C[C@@H](NCC1CCN(C(=O)c2ccccc2)CC1)c1cncc(F)c1. The van der Waals surface area contributed by atoms with E-state index in [0.29, 0.717) is 5.92 Å². The second-order valence-electron chi connectivity index (χ2n) is 6.67. The van der Waals surface area contributed by atoms with Crippen LogP contribution in [-0.2, 0) is 0 Å². The van der Waals surface area contributed by atoms with Crippen LogP contribution < -0.4 is 5.32 Å². The van der Waals surface area contributed by atoms with Crippen molar-refractivity contribution in [2.45, 2.75) is 25.8 Å². The molecule has 1 aliphatic rings. The van der Waals surface area contributed by atoms with Crippen LogP contribution in [0.5, 0.6) is 0 Å². The van der Waals surface area contributed by atoms with E-state index in [4.69, 9.17) is 0 Å². The molecule has 1 aliphatic heterocycles. The van der Waals surface area contributed by atoms with Crippen LogP contribution in [0.4, 0.5) is 4.39 Å². The molecule has 0 aliphatic carbocycles. The number of likely N-dealkylation sites (tertiary alicyclic amines) is 1. The van der Waals surface area contributed by atoms with Gasteiger partial charge in [0.15, 0.2) is 0 Å². The number of pyridine rings is 1. The zero-order valence-electron chi connectivity index (χ0n) is 14.5. The van der Waals surface area contributed by atoms with Crippen LogP contribution in [0.15, 0.2) is 48.8 Å². The first-order valence-corrected chi connectivity index (χ1v) is 8.81. The average molecular weight is 341 g/mol. The summed E-state index contributed by atoms with van der Waals surface area (Å²) < 4.78 is 13.3. The van der Waals surface area contributed by atoms with Crippen LogP contribution in [0.25, 0.3) is 0 Å². The third-order valence-electron chi connectivity index (χ3n) is 4.86. The molecular weight excluding hydrogens is 317 g/mol. The van der Waals surface area contributed by atoms with E-state index < -0.39 is 0 Å². The molecular formula is C20H24FN3O. The van der Waals surface area contributed by atoms with Crippen LogP contribution in [0.3, 0.4) is 0 Å². The first-order valence-electron chi connectivity index (χ1n) is 8.81. The summed E-state index contributed by atoms with van der Waals surface area (Å²) in [5.41, 5.74) is 1.61. The summed E-state index contributed by atoms with van der Waals surface area (Å²) in [5.74, 6) is 0.342. The van der Waals surface area contributed by atoms with Crippen molar-refractivity contribution >= 4 is 5.91 Å². The molecule has 1 N–H and O–H groups in total. The van der Waals surface area contributed by atoms with Gasteiger partial charge < -0.3 is 10.2 Å². The van der Waals surface area contributed by atoms with Gasteiger partial charge in [0, 0.05) is 30.9 Å². The minimum Gasteiger partial charge on any atom is -0.339 e. The zero-order valence-corrected chi connectivity index (χ0v) is 14.5. The maximum atomic E-state index is 13.3. The van der Waals surface area contributed by atoms with E-state index in [-0.39, 0.29) is 17.8 Å². The predicted molar refractivity (Wildman–Crippen MR) is 95.7 cm³/mol. The number of rotatable bonds is 5. The van der Waals surface area contributed by atoms with Crippen LogP contribution in [0.2, 0.25) is 0 Å². The Morgan fingerprint density at radius 3 is 2.68 bits per heavy atom. The third kappa shape index (κ3) is 4.63. The van der Waals surface area contributed by atoms with Gasteiger partial charge in [0.05, 0.1) is 6.20 Å². The number of carbonyl (C=O) groups is 1. The summed E-state index contributed by atoms with van der Waals surface area (Å²) >= 11 is 0. The number of aromatic nitrogens is 1. The Kier molecular flexibility index (Phi) is 5.76. The molecule has 0 spiro atoms. The summed E-state index contributed by atoms with van der Waals surface area (Å²) in [6.07, 6.45) is 4.89. The van der Waals surface area contributed by atoms with Crippen LogP contribution in [0.1, 0.15) is 41.7 Å². The Labute approximate surface area is 148 Å². The van der Waals surface area contributed by atoms with Crippen LogP contribution in [0, 0.1) is 11.7 Å². The zero-order chi connectivity index (χ0) is 17.6. The quantitative estimate of drug-likeness (QED) is 0.906. The molecule has 2 heterocycles. The molecule has 4 nitrogen and oxygen atoms in total. The number of carbonyl (C=O) groups excluding carboxylic acids is 1. The lowest BCUT2D eigenvalue weighted by Crippen LogP contribution is -2.41. The summed E-state index contributed by atoms with van der Waals surface area (Å²) in [6.45, 7) is 4.46. The number of hydrogen-bond acceptors (Lipinski definition) is 3. The number of nitrogens with zero attached hydrogens (tertiary/aromatic N) is 2. The Morgan fingerprint density at radius 2 is 2.00 bits per heavy atom. The summed E-state index contributed by atoms with van der Waals surface area (Å²) in [4.78, 5) is 18.3. The molecule has 0 radical (unpaired) electrons. The number of hydrogen-bond donors (Lipinski definition) is 1. The fraction of sp³-hybridized carbons (Fsp3) is 0.400. The van der Waals surface area contributed by atoms with E-state index in [1.807, 2.05) is 42.2 Å². The fourth-order valence-corrected chi connectivity index (χ4v) is 3.23. The van der Waals surface area contributed by atoms with Gasteiger partial charge in [-0.3, -0.25) is 9.78 Å². The molecule has 1 saturated heterocycles. The first kappa shape index (κ1) is 17.5. The second kappa shape index (κ2) is 8.21. The van der Waals surface area contributed by atoms with E-state index >= 15 is 0 Å². The van der Waals surface area contributed by atoms with Crippen LogP contribution in [-0.4, -0.2) is 35.4 Å². The Balaban J connectivity index is 1.46. The monoisotopic (exact) mass is 341 g/mol. The molecule has 0 bridgehead atoms. The second-order valence-corrected chi connectivity index (χ2v) is 6.67. The van der Waals surface area contributed by atoms with E-state index in [0.717, 1.165) is 43.6 Å². The van der Waals surface area contributed by atoms with Crippen molar-refractivity contribution < 1.29 is 9.18 Å². The Morgan fingerprint density at radius 1 is 1.28 bits per heavy atom. The highest BCUT2D eigenvalue weighted by molar-refractivity contribution is 5.94. The molecule has 1 aromatic heterocycles. The molecule has 3 rings (SSSR count). The van der Waals surface area contributed by atoms with E-state index in [1.54, 1.807) is 6.20 Å². The van der Waals surface area contributed by atoms with Crippen molar-refractivity contribution in [1.82, 2.24) is 15.2 Å². The molecule has 5 heteroatoms. The Bertz CT molecular complexity index is 699. The largest absolute Gasteiger partial charge is 0.339 e. The minimum absolute atomic E-state index is 0.0622. The maximum Gasteiger partial charge on any atom is 0.253 e. The number of nitrogens with one attached hydrogen (secondary N) is 1. The molecule has 1 aromatic carbocycles. The summed E-state index contributed by atoms with van der Waals surface area (Å²) in [6, 6.07) is 11.0. The number of piperidine rings is 1. The molecule has 25 heavy (non-hydrogen) atoms. The van der Waals surface area contributed by atoms with Crippen molar-refractivity contribution in [2.24, 2.45) is 5.92 Å². The molecule has 0 saturated carbocycles. The van der Waals surface area contributed by atoms with Gasteiger partial charge in [-0.2, -0.15) is 0 Å². The van der Waals surface area contributed by atoms with Gasteiger partial charge >= 0.3 is 0 Å². The van der Waals surface area contributed by atoms with Gasteiger partial charge in [-0.25, -0.2) is 4.39 Å². The standard InChI is InChI=1S/C20H24FN3O/c1-15(18-11-19(21)14-22-13-18)23-12-16-7-9-24(10-8-16)20(25)17-5-3-2-4-6-17/h2-6,11,13-16,23H,7-10,12H2,1H3/t15-/m1/s1. The fourth-order valence-electron chi connectivity index (χ4n) is 3.23. The molecule has 1 fully saturated rings. The lowest BCUT2D eigenvalue weighted by molar-refractivity contribution is 0.0689. The van der Waals surface area contributed by atoms with E-state index in [1.165, 1.54) is 12.3 Å². The lowest BCUT2D eigenvalue weighted by Gasteiger charge is -2.32. The maximum absolute atomic E-state index is 13.3. The molecule has 1 atom stereocenters. The van der Waals surface area contributed by atoms with Gasteiger partial charge in [0.2, 0.25) is 0 Å². The molecule has 0 unspecified atom stereocenters. The van der Waals surface area contributed by atoms with Crippen molar-refractivity contribution in [3.05, 3.63) is 65.7 Å². The molecule has 1 amide bonds. The first-order chi connectivity index (χ1) is 12.1. The summed E-state index contributed by atoms with van der Waals surface area (Å²) in [7, 11) is 0. The molecule has 132 valence electrons. The predicted octanol–water partition coefficient (Wildman–Crippen LogP) is 3.42. The minimum atomic E-state index is -0.307. The Hall–Kier alpha value is -2.27. The van der Waals surface area contributed by atoms with E-state index in [9.17, 15) is 9.18 Å². The normalized spacial score (nSPS) is 16.6. The van der Waals surface area contributed by atoms with Gasteiger partial charge in [-0.1, -0.05) is 18.2 Å². The van der Waals surface area contributed by atoms with Crippen molar-refractivity contribution in [3.8, 4) is 0 Å². The van der Waals surface area contributed by atoms with Gasteiger partial charge in [0.25, 0.3) is 5.91 Å². The lowest BCUT2D eigenvalue weighted by atomic mass is 9.95. The highest BCUT2D eigenvalue weighted by Gasteiger charge is 2.23. The average Bonchev–Trinajstić information content (AvgIpc) is 2.66. The van der Waals surface area contributed by atoms with Crippen molar-refractivity contribution in [2.75, 3.05) is 19.6 Å². The highest BCUT2D eigenvalue weighted by Crippen LogP contribution is 2.20. The number of amides is 1. The topological polar surface area (TPSA) is 45.2 Å². The van der Waals surface area contributed by atoms with Crippen LogP contribution >= 0.6 is 0 Å². The third-order valence-corrected chi connectivity index (χ3v) is 4.86. The highest BCUT2D eigenvalue weighted by atomic mass is 19.1. The smallest absolute Gasteiger partial charge is 0.253 e. The van der Waals surface area contributed by atoms with E-state index in [2.05, 4.69) is 10.3 Å². The van der Waals surface area contributed by atoms with Crippen molar-refractivity contribution in [3.63, 3.8) is 0 Å². The van der Waals surface area contributed by atoms with Gasteiger partial charge in [-0.15, -0.1) is 0 Å². The number of benzene rings is 1. The van der Waals surface area contributed by atoms with Gasteiger partial charge in [-0.05, 0) is 56.0 Å². The molecule has 2 aromatic rings. The van der Waals surface area contributed by atoms with Gasteiger partial charge in [0.1, 0.15) is 5.82 Å².